The number of carbonyl (C=O) groups excluding carboxylic acids is 1. The first kappa shape index (κ1) is 15.2. The Kier molecular flexibility index (Phi) is 7.02. The molecule has 1 aliphatic carbocycles. The molecule has 0 spiro atoms. The fraction of sp³-hybridized carbons (Fsp3) is 0.800. The molecule has 0 radical (unpaired) electrons. The summed E-state index contributed by atoms with van der Waals surface area (Å²) >= 11 is 0. The van der Waals surface area contributed by atoms with Crippen molar-refractivity contribution in [2.24, 2.45) is 5.92 Å². The molecule has 0 unspecified atom stereocenters. The van der Waals surface area contributed by atoms with Crippen LogP contribution in [0.1, 0.15) is 46.5 Å². The molecule has 1 aliphatic rings. The molecule has 0 aromatic heterocycles. The molecule has 104 valence electrons. The van der Waals surface area contributed by atoms with E-state index in [0.29, 0.717) is 18.6 Å². The maximum Gasteiger partial charge on any atom is 0.330 e. The molecule has 3 heteroatoms. The highest BCUT2D eigenvalue weighted by atomic mass is 16.5. The molecule has 0 amide bonds. The highest BCUT2D eigenvalue weighted by Crippen LogP contribution is 2.24. The van der Waals surface area contributed by atoms with E-state index in [-0.39, 0.29) is 5.97 Å². The Balaban J connectivity index is 2.42. The van der Waals surface area contributed by atoms with Gasteiger partial charge >= 0.3 is 5.97 Å². The molecule has 0 aliphatic heterocycles. The lowest BCUT2D eigenvalue weighted by atomic mass is 10.1. The molecular weight excluding hydrogens is 226 g/mol. The maximum absolute atomic E-state index is 11.2. The van der Waals surface area contributed by atoms with E-state index in [1.165, 1.54) is 25.7 Å². The second-order valence-corrected chi connectivity index (χ2v) is 5.44. The van der Waals surface area contributed by atoms with E-state index in [1.54, 1.807) is 6.08 Å². The number of hydrogen-bond donors (Lipinski definition) is 0. The summed E-state index contributed by atoms with van der Waals surface area (Å²) in [4.78, 5) is 13.7. The molecule has 0 N–H and O–H groups in total. The van der Waals surface area contributed by atoms with E-state index in [1.807, 2.05) is 13.0 Å². The van der Waals surface area contributed by atoms with Gasteiger partial charge in [-0.25, -0.2) is 4.79 Å². The zero-order valence-electron chi connectivity index (χ0n) is 12.0. The number of carbonyl (C=O) groups is 1. The fourth-order valence-corrected chi connectivity index (χ4v) is 2.59. The first-order chi connectivity index (χ1) is 8.63. The number of ether oxygens (including phenoxy) is 1. The zero-order chi connectivity index (χ0) is 13.4. The number of esters is 1. The second kappa shape index (κ2) is 8.30. The lowest BCUT2D eigenvalue weighted by Crippen LogP contribution is -2.36. The van der Waals surface area contributed by atoms with Crippen LogP contribution < -0.4 is 0 Å². The lowest BCUT2D eigenvalue weighted by Gasteiger charge is -2.29. The van der Waals surface area contributed by atoms with Crippen LogP contribution in [-0.4, -0.2) is 36.6 Å². The van der Waals surface area contributed by atoms with Gasteiger partial charge in [-0.3, -0.25) is 4.90 Å². The molecule has 18 heavy (non-hydrogen) atoms. The van der Waals surface area contributed by atoms with Gasteiger partial charge in [0.15, 0.2) is 0 Å². The largest absolute Gasteiger partial charge is 0.463 e. The SMILES string of the molecule is CCOC(=O)/C=C/CN(CC(C)C)C1CCCC1. The maximum atomic E-state index is 11.2. The van der Waals surface area contributed by atoms with E-state index in [0.717, 1.165) is 13.1 Å². The Morgan fingerprint density at radius 3 is 2.61 bits per heavy atom. The third kappa shape index (κ3) is 5.67. The van der Waals surface area contributed by atoms with Gasteiger partial charge in [-0.2, -0.15) is 0 Å². The molecule has 0 atom stereocenters. The molecule has 3 nitrogen and oxygen atoms in total. The Morgan fingerprint density at radius 2 is 2.06 bits per heavy atom. The standard InChI is InChI=1S/C15H27NO2/c1-4-18-15(17)10-7-11-16(12-13(2)3)14-8-5-6-9-14/h7,10,13-14H,4-6,8-9,11-12H2,1-3H3/b10-7+. The van der Waals surface area contributed by atoms with Crippen LogP contribution in [0.4, 0.5) is 0 Å². The topological polar surface area (TPSA) is 29.5 Å². The van der Waals surface area contributed by atoms with Gasteiger partial charge in [0, 0.05) is 25.2 Å². The summed E-state index contributed by atoms with van der Waals surface area (Å²) < 4.78 is 4.89. The van der Waals surface area contributed by atoms with Gasteiger partial charge in [0.1, 0.15) is 0 Å². The summed E-state index contributed by atoms with van der Waals surface area (Å²) in [6.07, 6.45) is 8.81. The Bertz CT molecular complexity index is 268. The van der Waals surface area contributed by atoms with Crippen molar-refractivity contribution >= 4 is 5.97 Å². The first-order valence-electron chi connectivity index (χ1n) is 7.20. The van der Waals surface area contributed by atoms with Crippen molar-refractivity contribution in [1.29, 1.82) is 0 Å². The Morgan fingerprint density at radius 1 is 1.39 bits per heavy atom. The number of hydrogen-bond acceptors (Lipinski definition) is 3. The van der Waals surface area contributed by atoms with Crippen molar-refractivity contribution in [1.82, 2.24) is 4.90 Å². The van der Waals surface area contributed by atoms with Crippen molar-refractivity contribution in [3.63, 3.8) is 0 Å². The third-order valence-electron chi connectivity index (χ3n) is 3.32. The van der Waals surface area contributed by atoms with Gasteiger partial charge in [0.05, 0.1) is 6.61 Å². The highest BCUT2D eigenvalue weighted by Gasteiger charge is 2.22. The number of rotatable bonds is 7. The van der Waals surface area contributed by atoms with Gasteiger partial charge in [-0.1, -0.05) is 32.8 Å². The lowest BCUT2D eigenvalue weighted by molar-refractivity contribution is -0.137. The minimum absolute atomic E-state index is 0.228. The zero-order valence-corrected chi connectivity index (χ0v) is 12.0. The predicted octanol–water partition coefficient (Wildman–Crippen LogP) is 3.01. The van der Waals surface area contributed by atoms with Gasteiger partial charge in [-0.05, 0) is 25.7 Å². The van der Waals surface area contributed by atoms with Gasteiger partial charge < -0.3 is 4.74 Å². The second-order valence-electron chi connectivity index (χ2n) is 5.44. The highest BCUT2D eigenvalue weighted by molar-refractivity contribution is 5.81. The molecular formula is C15H27NO2. The van der Waals surface area contributed by atoms with Crippen LogP contribution in [0.15, 0.2) is 12.2 Å². The molecule has 1 saturated carbocycles. The van der Waals surface area contributed by atoms with Crippen molar-refractivity contribution < 1.29 is 9.53 Å². The quantitative estimate of drug-likeness (QED) is 0.516. The molecule has 1 rings (SSSR count). The van der Waals surface area contributed by atoms with Gasteiger partial charge in [0.25, 0.3) is 0 Å². The van der Waals surface area contributed by atoms with Crippen molar-refractivity contribution in [2.75, 3.05) is 19.7 Å². The monoisotopic (exact) mass is 253 g/mol. The van der Waals surface area contributed by atoms with Crippen LogP contribution in [0.5, 0.6) is 0 Å². The van der Waals surface area contributed by atoms with Gasteiger partial charge in [-0.15, -0.1) is 0 Å². The van der Waals surface area contributed by atoms with Crippen molar-refractivity contribution in [3.05, 3.63) is 12.2 Å². The summed E-state index contributed by atoms with van der Waals surface area (Å²) in [5.74, 6) is 0.440. The van der Waals surface area contributed by atoms with Gasteiger partial charge in [0.2, 0.25) is 0 Å². The molecule has 0 aromatic rings. The Labute approximate surface area is 111 Å². The normalized spacial score (nSPS) is 17.2. The van der Waals surface area contributed by atoms with Crippen LogP contribution in [0.3, 0.4) is 0 Å². The van der Waals surface area contributed by atoms with E-state index in [4.69, 9.17) is 4.74 Å². The molecule has 0 aromatic carbocycles. The van der Waals surface area contributed by atoms with Crippen LogP contribution in [0.2, 0.25) is 0 Å². The van der Waals surface area contributed by atoms with Crippen LogP contribution in [0, 0.1) is 5.92 Å². The molecule has 0 saturated heterocycles. The van der Waals surface area contributed by atoms with E-state index < -0.39 is 0 Å². The summed E-state index contributed by atoms with van der Waals surface area (Å²) in [6, 6.07) is 0.708. The van der Waals surface area contributed by atoms with E-state index in [2.05, 4.69) is 18.7 Å². The molecule has 0 bridgehead atoms. The minimum Gasteiger partial charge on any atom is -0.463 e. The molecule has 1 fully saturated rings. The predicted molar refractivity (Wildman–Crippen MR) is 74.4 cm³/mol. The fourth-order valence-electron chi connectivity index (χ4n) is 2.59. The summed E-state index contributed by atoms with van der Waals surface area (Å²) in [5.41, 5.74) is 0. The number of nitrogens with zero attached hydrogens (tertiary/aromatic N) is 1. The van der Waals surface area contributed by atoms with Crippen LogP contribution in [0.25, 0.3) is 0 Å². The van der Waals surface area contributed by atoms with Crippen molar-refractivity contribution in [3.8, 4) is 0 Å². The smallest absolute Gasteiger partial charge is 0.330 e. The minimum atomic E-state index is -0.228. The van der Waals surface area contributed by atoms with Crippen molar-refractivity contribution in [2.45, 2.75) is 52.5 Å². The average molecular weight is 253 g/mol. The summed E-state index contributed by atoms with van der Waals surface area (Å²) in [7, 11) is 0. The van der Waals surface area contributed by atoms with Crippen LogP contribution in [-0.2, 0) is 9.53 Å². The Hall–Kier alpha value is -0.830. The summed E-state index contributed by atoms with van der Waals surface area (Å²) in [5, 5.41) is 0. The van der Waals surface area contributed by atoms with E-state index in [9.17, 15) is 4.79 Å². The summed E-state index contributed by atoms with van der Waals surface area (Å²) in [6.45, 7) is 8.74. The first-order valence-corrected chi connectivity index (χ1v) is 7.20. The molecule has 0 heterocycles. The third-order valence-corrected chi connectivity index (χ3v) is 3.32. The van der Waals surface area contributed by atoms with E-state index >= 15 is 0 Å². The average Bonchev–Trinajstić information content (AvgIpc) is 2.81. The van der Waals surface area contributed by atoms with Crippen LogP contribution >= 0.6 is 0 Å².